The van der Waals surface area contributed by atoms with E-state index < -0.39 is 5.60 Å². The van der Waals surface area contributed by atoms with Crippen molar-refractivity contribution in [1.29, 1.82) is 0 Å². The Morgan fingerprint density at radius 2 is 2.12 bits per heavy atom. The van der Waals surface area contributed by atoms with Crippen molar-refractivity contribution in [3.8, 4) is 0 Å². The number of anilines is 1. The molecule has 0 saturated heterocycles. The highest BCUT2D eigenvalue weighted by molar-refractivity contribution is 6.35. The summed E-state index contributed by atoms with van der Waals surface area (Å²) in [5.41, 5.74) is -0.779. The van der Waals surface area contributed by atoms with Crippen molar-refractivity contribution < 1.29 is 5.11 Å². The smallest absolute Gasteiger partial charge is 0.144 e. The fraction of sp³-hybridized carbons (Fsp3) is 0.583. The molecule has 0 aliphatic rings. The van der Waals surface area contributed by atoms with E-state index in [1.54, 1.807) is 13.0 Å². The minimum absolute atomic E-state index is 0.402. The van der Waals surface area contributed by atoms with Gasteiger partial charge in [-0.05, 0) is 25.3 Å². The number of nitrogens with one attached hydrogen (secondary N) is 1. The summed E-state index contributed by atoms with van der Waals surface area (Å²) in [6.45, 7) is 6.34. The SMILES string of the molecule is CC(C)CC(C)(O)CNc1ncc(Cl)cc1Cl. The number of hydrogen-bond donors (Lipinski definition) is 2. The molecular weight excluding hydrogens is 259 g/mol. The van der Waals surface area contributed by atoms with Crippen molar-refractivity contribution in [1.82, 2.24) is 4.98 Å². The molecule has 0 aliphatic heterocycles. The van der Waals surface area contributed by atoms with Gasteiger partial charge in [-0.15, -0.1) is 0 Å². The molecule has 1 aromatic heterocycles. The summed E-state index contributed by atoms with van der Waals surface area (Å²) < 4.78 is 0. The lowest BCUT2D eigenvalue weighted by atomic mass is 9.94. The van der Waals surface area contributed by atoms with Crippen molar-refractivity contribution >= 4 is 29.0 Å². The molecule has 17 heavy (non-hydrogen) atoms. The van der Waals surface area contributed by atoms with E-state index in [9.17, 15) is 5.11 Å². The molecule has 0 bridgehead atoms. The van der Waals surface area contributed by atoms with Crippen molar-refractivity contribution in [2.75, 3.05) is 11.9 Å². The standard InChI is InChI=1S/C12H18Cl2N2O/c1-8(2)5-12(3,17)7-16-11-10(14)4-9(13)6-15-11/h4,6,8,17H,5,7H2,1-3H3,(H,15,16). The normalized spacial score (nSPS) is 14.8. The Labute approximate surface area is 112 Å². The zero-order chi connectivity index (χ0) is 13.1. The van der Waals surface area contributed by atoms with Crippen molar-refractivity contribution in [2.45, 2.75) is 32.8 Å². The van der Waals surface area contributed by atoms with Crippen molar-refractivity contribution in [3.05, 3.63) is 22.3 Å². The lowest BCUT2D eigenvalue weighted by molar-refractivity contribution is 0.0515. The zero-order valence-electron chi connectivity index (χ0n) is 10.3. The van der Waals surface area contributed by atoms with Crippen LogP contribution in [0.25, 0.3) is 0 Å². The monoisotopic (exact) mass is 276 g/mol. The van der Waals surface area contributed by atoms with Crippen LogP contribution in [-0.2, 0) is 0 Å². The summed E-state index contributed by atoms with van der Waals surface area (Å²) in [7, 11) is 0. The molecule has 0 saturated carbocycles. The van der Waals surface area contributed by atoms with Gasteiger partial charge >= 0.3 is 0 Å². The van der Waals surface area contributed by atoms with Gasteiger partial charge in [-0.2, -0.15) is 0 Å². The Morgan fingerprint density at radius 3 is 2.65 bits per heavy atom. The van der Waals surface area contributed by atoms with Gasteiger partial charge in [0.1, 0.15) is 5.82 Å². The van der Waals surface area contributed by atoms with Crippen LogP contribution in [0.3, 0.4) is 0 Å². The molecular formula is C12H18Cl2N2O. The van der Waals surface area contributed by atoms with E-state index in [1.807, 2.05) is 0 Å². The summed E-state index contributed by atoms with van der Waals surface area (Å²) in [6, 6.07) is 1.62. The third-order valence-corrected chi connectivity index (χ3v) is 2.79. The van der Waals surface area contributed by atoms with Crippen molar-refractivity contribution in [2.24, 2.45) is 5.92 Å². The van der Waals surface area contributed by atoms with Crippen LogP contribution in [0, 0.1) is 5.92 Å². The first-order chi connectivity index (χ1) is 7.80. The average Bonchev–Trinajstić information content (AvgIpc) is 2.14. The van der Waals surface area contributed by atoms with E-state index in [0.717, 1.165) is 0 Å². The molecule has 0 aliphatic carbocycles. The summed E-state index contributed by atoms with van der Waals surface area (Å²) in [6.07, 6.45) is 2.23. The third-order valence-electron chi connectivity index (χ3n) is 2.29. The van der Waals surface area contributed by atoms with Crippen LogP contribution in [0.5, 0.6) is 0 Å². The van der Waals surface area contributed by atoms with Crippen molar-refractivity contribution in [3.63, 3.8) is 0 Å². The summed E-state index contributed by atoms with van der Waals surface area (Å²) >= 11 is 11.7. The quantitative estimate of drug-likeness (QED) is 0.864. The molecule has 0 radical (unpaired) electrons. The van der Waals surface area contributed by atoms with E-state index >= 15 is 0 Å². The summed E-state index contributed by atoms with van der Waals surface area (Å²) in [5, 5.41) is 14.1. The van der Waals surface area contributed by atoms with Gasteiger partial charge in [-0.25, -0.2) is 4.98 Å². The van der Waals surface area contributed by atoms with Crippen LogP contribution in [0.4, 0.5) is 5.82 Å². The number of aromatic nitrogens is 1. The average molecular weight is 277 g/mol. The van der Waals surface area contributed by atoms with Crippen LogP contribution >= 0.6 is 23.2 Å². The van der Waals surface area contributed by atoms with Gasteiger partial charge in [0, 0.05) is 12.7 Å². The second-order valence-corrected chi connectivity index (χ2v) is 5.78. The zero-order valence-corrected chi connectivity index (χ0v) is 11.8. The molecule has 1 heterocycles. The largest absolute Gasteiger partial charge is 0.388 e. The third kappa shape index (κ3) is 5.11. The minimum Gasteiger partial charge on any atom is -0.388 e. The molecule has 1 rings (SSSR count). The lowest BCUT2D eigenvalue weighted by Gasteiger charge is -2.26. The van der Waals surface area contributed by atoms with E-state index in [-0.39, 0.29) is 0 Å². The van der Waals surface area contributed by atoms with Gasteiger partial charge in [-0.3, -0.25) is 0 Å². The fourth-order valence-corrected chi connectivity index (χ4v) is 2.22. The summed E-state index contributed by atoms with van der Waals surface area (Å²) in [5.74, 6) is 0.973. The first-order valence-corrected chi connectivity index (χ1v) is 6.33. The second kappa shape index (κ2) is 5.89. The van der Waals surface area contributed by atoms with Crippen LogP contribution in [0.2, 0.25) is 10.0 Å². The predicted molar refractivity (Wildman–Crippen MR) is 72.8 cm³/mol. The number of rotatable bonds is 5. The topological polar surface area (TPSA) is 45.1 Å². The Morgan fingerprint density at radius 1 is 1.47 bits per heavy atom. The molecule has 0 aromatic carbocycles. The highest BCUT2D eigenvalue weighted by Crippen LogP contribution is 2.24. The molecule has 0 spiro atoms. The minimum atomic E-state index is -0.779. The van der Waals surface area contributed by atoms with E-state index in [0.29, 0.717) is 34.7 Å². The highest BCUT2D eigenvalue weighted by Gasteiger charge is 2.22. The van der Waals surface area contributed by atoms with Gasteiger partial charge in [0.2, 0.25) is 0 Å². The fourth-order valence-electron chi connectivity index (χ4n) is 1.77. The summed E-state index contributed by atoms with van der Waals surface area (Å²) in [4.78, 5) is 4.07. The number of aliphatic hydroxyl groups is 1. The Bertz CT molecular complexity index is 381. The molecule has 5 heteroatoms. The molecule has 1 aromatic rings. The van der Waals surface area contributed by atoms with E-state index in [2.05, 4.69) is 24.1 Å². The van der Waals surface area contributed by atoms with Gasteiger partial charge in [0.05, 0.1) is 15.6 Å². The molecule has 0 fully saturated rings. The molecule has 3 nitrogen and oxygen atoms in total. The van der Waals surface area contributed by atoms with E-state index in [4.69, 9.17) is 23.2 Å². The van der Waals surface area contributed by atoms with Crippen LogP contribution in [0.15, 0.2) is 12.3 Å². The number of nitrogens with zero attached hydrogens (tertiary/aromatic N) is 1. The van der Waals surface area contributed by atoms with E-state index in [1.165, 1.54) is 6.20 Å². The maximum absolute atomic E-state index is 10.1. The molecule has 96 valence electrons. The highest BCUT2D eigenvalue weighted by atomic mass is 35.5. The van der Waals surface area contributed by atoms with Gasteiger partial charge in [0.25, 0.3) is 0 Å². The Kier molecular flexibility index (Phi) is 5.04. The number of halogens is 2. The predicted octanol–water partition coefficient (Wildman–Crippen LogP) is 3.60. The number of hydrogen-bond acceptors (Lipinski definition) is 3. The first kappa shape index (κ1) is 14.6. The maximum atomic E-state index is 10.1. The van der Waals surface area contributed by atoms with Crippen LogP contribution in [0.1, 0.15) is 27.2 Å². The molecule has 2 N–H and O–H groups in total. The second-order valence-electron chi connectivity index (χ2n) is 4.93. The molecule has 0 amide bonds. The molecule has 1 unspecified atom stereocenters. The number of pyridine rings is 1. The van der Waals surface area contributed by atoms with Gasteiger partial charge in [-0.1, -0.05) is 37.0 Å². The maximum Gasteiger partial charge on any atom is 0.144 e. The van der Waals surface area contributed by atoms with Crippen LogP contribution < -0.4 is 5.32 Å². The Hall–Kier alpha value is -0.510. The van der Waals surface area contributed by atoms with Gasteiger partial charge < -0.3 is 10.4 Å². The lowest BCUT2D eigenvalue weighted by Crippen LogP contribution is -2.35. The first-order valence-electron chi connectivity index (χ1n) is 5.57. The Balaban J connectivity index is 2.61. The van der Waals surface area contributed by atoms with Crippen LogP contribution in [-0.4, -0.2) is 22.2 Å². The van der Waals surface area contributed by atoms with Gasteiger partial charge in [0.15, 0.2) is 0 Å². The molecule has 1 atom stereocenters.